The van der Waals surface area contributed by atoms with Crippen molar-refractivity contribution in [1.82, 2.24) is 0 Å². The van der Waals surface area contributed by atoms with Gasteiger partial charge in [0.05, 0.1) is 5.75 Å². The van der Waals surface area contributed by atoms with Gasteiger partial charge in [0.25, 0.3) is 0 Å². The van der Waals surface area contributed by atoms with Crippen LogP contribution in [0, 0.1) is 5.82 Å². The van der Waals surface area contributed by atoms with Gasteiger partial charge in [0.1, 0.15) is 5.82 Å². The molecule has 0 aromatic heterocycles. The summed E-state index contributed by atoms with van der Waals surface area (Å²) in [4.78, 5) is 12.0. The number of nitrogens with one attached hydrogen (secondary N) is 1. The van der Waals surface area contributed by atoms with Crippen LogP contribution in [-0.4, -0.2) is 11.7 Å². The Labute approximate surface area is 151 Å². The van der Waals surface area contributed by atoms with Gasteiger partial charge in [0.2, 0.25) is 5.91 Å². The van der Waals surface area contributed by atoms with Gasteiger partial charge in [-0.3, -0.25) is 4.79 Å². The van der Waals surface area contributed by atoms with E-state index in [1.165, 1.54) is 36.2 Å². The van der Waals surface area contributed by atoms with E-state index in [4.69, 9.17) is 11.6 Å². The summed E-state index contributed by atoms with van der Waals surface area (Å²) in [6.45, 7) is 2.17. The lowest BCUT2D eigenvalue weighted by Gasteiger charge is -2.07. The number of amides is 1. The van der Waals surface area contributed by atoms with Gasteiger partial charge < -0.3 is 5.32 Å². The Morgan fingerprint density at radius 2 is 1.96 bits per heavy atom. The maximum Gasteiger partial charge on any atom is 0.234 e. The molecule has 0 bridgehead atoms. The van der Waals surface area contributed by atoms with Crippen molar-refractivity contribution in [2.75, 3.05) is 11.1 Å². The van der Waals surface area contributed by atoms with Crippen LogP contribution < -0.4 is 5.32 Å². The van der Waals surface area contributed by atoms with Gasteiger partial charge in [-0.25, -0.2) is 4.39 Å². The highest BCUT2D eigenvalue weighted by Gasteiger charge is 2.06. The third-order valence-corrected chi connectivity index (χ3v) is 4.78. The summed E-state index contributed by atoms with van der Waals surface area (Å²) in [5, 5.41) is 3.24. The molecule has 128 valence electrons. The van der Waals surface area contributed by atoms with Crippen molar-refractivity contribution in [1.29, 1.82) is 0 Å². The first-order valence-electron chi connectivity index (χ1n) is 7.99. The molecule has 0 aliphatic heterocycles. The van der Waals surface area contributed by atoms with E-state index in [9.17, 15) is 9.18 Å². The van der Waals surface area contributed by atoms with E-state index in [0.29, 0.717) is 16.3 Å². The molecular formula is C19H21ClFNOS. The molecule has 0 aliphatic carbocycles. The molecule has 1 N–H and O–H groups in total. The number of carbonyl (C=O) groups excluding carboxylic acids is 1. The Bertz CT molecular complexity index is 676. The topological polar surface area (TPSA) is 29.1 Å². The predicted molar refractivity (Wildman–Crippen MR) is 101 cm³/mol. The van der Waals surface area contributed by atoms with Crippen LogP contribution in [0.4, 0.5) is 10.1 Å². The minimum Gasteiger partial charge on any atom is -0.325 e. The van der Waals surface area contributed by atoms with Crippen LogP contribution in [-0.2, 0) is 17.0 Å². The lowest BCUT2D eigenvalue weighted by atomic mass is 10.1. The van der Waals surface area contributed by atoms with E-state index in [0.717, 1.165) is 12.1 Å². The van der Waals surface area contributed by atoms with Crippen molar-refractivity contribution in [3.05, 3.63) is 64.4 Å². The highest BCUT2D eigenvalue weighted by Crippen LogP contribution is 2.20. The molecule has 0 atom stereocenters. The number of aryl methyl sites for hydroxylation is 1. The molecule has 0 saturated carbocycles. The van der Waals surface area contributed by atoms with Gasteiger partial charge >= 0.3 is 0 Å². The van der Waals surface area contributed by atoms with Gasteiger partial charge in [-0.05, 0) is 48.2 Å². The fraction of sp³-hybridized carbons (Fsp3) is 0.316. The second kappa shape index (κ2) is 9.70. The third-order valence-electron chi connectivity index (χ3n) is 3.56. The van der Waals surface area contributed by atoms with Crippen LogP contribution >= 0.6 is 23.4 Å². The highest BCUT2D eigenvalue weighted by atomic mass is 35.5. The highest BCUT2D eigenvalue weighted by molar-refractivity contribution is 7.99. The van der Waals surface area contributed by atoms with E-state index < -0.39 is 0 Å². The molecule has 0 spiro atoms. The summed E-state index contributed by atoms with van der Waals surface area (Å²) < 4.78 is 13.6. The zero-order chi connectivity index (χ0) is 17.4. The summed E-state index contributed by atoms with van der Waals surface area (Å²) >= 11 is 7.09. The molecule has 0 unspecified atom stereocenters. The second-order valence-electron chi connectivity index (χ2n) is 5.58. The molecule has 2 nitrogen and oxygen atoms in total. The zero-order valence-electron chi connectivity index (χ0n) is 13.6. The number of unbranched alkanes of at least 4 members (excludes halogenated alkanes) is 1. The van der Waals surface area contributed by atoms with Gasteiger partial charge in [0, 0.05) is 16.5 Å². The van der Waals surface area contributed by atoms with E-state index in [2.05, 4.69) is 12.2 Å². The van der Waals surface area contributed by atoms with Crippen molar-refractivity contribution < 1.29 is 9.18 Å². The van der Waals surface area contributed by atoms with Crippen LogP contribution in [0.25, 0.3) is 0 Å². The lowest BCUT2D eigenvalue weighted by Crippen LogP contribution is -2.14. The average molecular weight is 366 g/mol. The number of halogens is 2. The molecule has 2 rings (SSSR count). The molecule has 24 heavy (non-hydrogen) atoms. The maximum absolute atomic E-state index is 13.6. The fourth-order valence-corrected chi connectivity index (χ4v) is 3.20. The summed E-state index contributed by atoms with van der Waals surface area (Å²) in [7, 11) is 0. The molecule has 0 heterocycles. The third kappa shape index (κ3) is 6.17. The van der Waals surface area contributed by atoms with Gasteiger partial charge in [-0.15, -0.1) is 11.8 Å². The van der Waals surface area contributed by atoms with Crippen molar-refractivity contribution in [3.8, 4) is 0 Å². The lowest BCUT2D eigenvalue weighted by molar-refractivity contribution is -0.113. The number of rotatable bonds is 8. The molecule has 5 heteroatoms. The van der Waals surface area contributed by atoms with Gasteiger partial charge in [0.15, 0.2) is 0 Å². The van der Waals surface area contributed by atoms with E-state index in [-0.39, 0.29) is 17.5 Å². The standard InChI is InChI=1S/C19H21ClFNOS/c1-2-3-4-14-5-9-17(10-6-14)22-19(23)13-24-12-15-7-8-16(20)11-18(15)21/h5-11H,2-4,12-13H2,1H3,(H,22,23). The molecule has 0 aliphatic rings. The number of hydrogen-bond donors (Lipinski definition) is 1. The molecule has 1 amide bonds. The molecule has 2 aromatic carbocycles. The SMILES string of the molecule is CCCCc1ccc(NC(=O)CSCc2ccc(Cl)cc2F)cc1. The van der Waals surface area contributed by atoms with Gasteiger partial charge in [-0.2, -0.15) is 0 Å². The van der Waals surface area contributed by atoms with Crippen molar-refractivity contribution in [2.45, 2.75) is 31.9 Å². The monoisotopic (exact) mass is 365 g/mol. The zero-order valence-corrected chi connectivity index (χ0v) is 15.2. The van der Waals surface area contributed by atoms with E-state index in [1.807, 2.05) is 24.3 Å². The Morgan fingerprint density at radius 3 is 2.62 bits per heavy atom. The Morgan fingerprint density at radius 1 is 1.21 bits per heavy atom. The minimum absolute atomic E-state index is 0.0873. The van der Waals surface area contributed by atoms with Crippen molar-refractivity contribution >= 4 is 35.0 Å². The Balaban J connectivity index is 1.76. The average Bonchev–Trinajstić information content (AvgIpc) is 2.56. The van der Waals surface area contributed by atoms with Crippen molar-refractivity contribution in [2.24, 2.45) is 0 Å². The quantitative estimate of drug-likeness (QED) is 0.650. The normalized spacial score (nSPS) is 10.6. The second-order valence-corrected chi connectivity index (χ2v) is 7.00. The smallest absolute Gasteiger partial charge is 0.234 e. The first-order valence-corrected chi connectivity index (χ1v) is 9.52. The molecule has 0 fully saturated rings. The van der Waals surface area contributed by atoms with E-state index >= 15 is 0 Å². The fourth-order valence-electron chi connectivity index (χ4n) is 2.23. The summed E-state index contributed by atoms with van der Waals surface area (Å²) in [6.07, 6.45) is 3.40. The number of hydrogen-bond acceptors (Lipinski definition) is 2. The first kappa shape index (κ1) is 18.8. The maximum atomic E-state index is 13.6. The predicted octanol–water partition coefficient (Wildman–Crippen LogP) is 5.69. The number of thioether (sulfide) groups is 1. The summed E-state index contributed by atoms with van der Waals surface area (Å²) in [5.74, 6) is 0.292. The molecule has 0 radical (unpaired) electrons. The first-order chi connectivity index (χ1) is 11.6. The number of anilines is 1. The van der Waals surface area contributed by atoms with E-state index in [1.54, 1.807) is 12.1 Å². The Kier molecular flexibility index (Phi) is 7.60. The van der Waals surface area contributed by atoms with Crippen LogP contribution in [0.1, 0.15) is 30.9 Å². The Hall–Kier alpha value is -1.52. The minimum atomic E-state index is -0.335. The summed E-state index contributed by atoms with van der Waals surface area (Å²) in [5.41, 5.74) is 2.62. The van der Waals surface area contributed by atoms with Gasteiger partial charge in [-0.1, -0.05) is 43.1 Å². The number of carbonyl (C=O) groups is 1. The molecule has 2 aromatic rings. The van der Waals surface area contributed by atoms with Crippen LogP contribution in [0.2, 0.25) is 5.02 Å². The van der Waals surface area contributed by atoms with Crippen LogP contribution in [0.5, 0.6) is 0 Å². The summed E-state index contributed by atoms with van der Waals surface area (Å²) in [6, 6.07) is 12.5. The largest absolute Gasteiger partial charge is 0.325 e. The van der Waals surface area contributed by atoms with Crippen LogP contribution in [0.15, 0.2) is 42.5 Å². The van der Waals surface area contributed by atoms with Crippen LogP contribution in [0.3, 0.4) is 0 Å². The number of benzene rings is 2. The molecular weight excluding hydrogens is 345 g/mol. The van der Waals surface area contributed by atoms with Crippen molar-refractivity contribution in [3.63, 3.8) is 0 Å². The molecule has 0 saturated heterocycles.